The molecular weight excluding hydrogens is 1330 g/mol. The van der Waals surface area contributed by atoms with Gasteiger partial charge < -0.3 is 25.3 Å². The summed E-state index contributed by atoms with van der Waals surface area (Å²) in [4.78, 5) is 95.2. The summed E-state index contributed by atoms with van der Waals surface area (Å²) in [6, 6.07) is 51.0. The second kappa shape index (κ2) is 29.8. The summed E-state index contributed by atoms with van der Waals surface area (Å²) < 4.78 is 17.4. The molecule has 4 aliphatic rings. The minimum Gasteiger partial charge on any atom is -0.481 e. The van der Waals surface area contributed by atoms with E-state index in [9.17, 15) is 43.4 Å². The Labute approximate surface area is 580 Å². The van der Waals surface area contributed by atoms with E-state index < -0.39 is 42.1 Å². The highest BCUT2D eigenvalue weighted by Gasteiger charge is 2.31. The van der Waals surface area contributed by atoms with Gasteiger partial charge in [-0.3, -0.25) is 53.2 Å². The van der Waals surface area contributed by atoms with E-state index in [2.05, 4.69) is 25.2 Å². The van der Waals surface area contributed by atoms with Crippen molar-refractivity contribution >= 4 is 105 Å². The van der Waals surface area contributed by atoms with Gasteiger partial charge in [0.2, 0.25) is 17.6 Å². The molecule has 6 heterocycles. The lowest BCUT2D eigenvalue weighted by atomic mass is 9.96. The summed E-state index contributed by atoms with van der Waals surface area (Å²) in [5, 5.41) is 46.5. The number of anilines is 2. The fourth-order valence-corrected chi connectivity index (χ4v) is 12.3. The fraction of sp³-hybridized carbons (Fsp3) is 0.149. The number of carboxylic acid groups (broad SMARTS) is 4. The molecule has 21 nitrogen and oxygen atoms in total. The van der Waals surface area contributed by atoms with Crippen LogP contribution in [0.4, 0.5) is 15.8 Å². The number of aliphatic carboxylic acids is 2. The summed E-state index contributed by atoms with van der Waals surface area (Å²) in [6.07, 6.45) is 1.23. The first-order chi connectivity index (χ1) is 47.6. The van der Waals surface area contributed by atoms with Crippen molar-refractivity contribution in [2.75, 3.05) is 36.0 Å². The molecule has 8 aromatic carbocycles. The third-order valence-electron chi connectivity index (χ3n) is 16.4. The zero-order valence-corrected chi connectivity index (χ0v) is 55.6. The number of carbonyl (C=O) groups is 6. The normalized spacial score (nSPS) is 13.4. The summed E-state index contributed by atoms with van der Waals surface area (Å²) in [5.41, 5.74) is 15.3. The Kier molecular flexibility index (Phi) is 20.7. The molecule has 14 rings (SSSR count). The summed E-state index contributed by atoms with van der Waals surface area (Å²) in [5.74, 6) is -4.42. The number of hydrogen-bond donors (Lipinski definition) is 4. The number of aliphatic imine (C=N–C) groups is 4. The number of carbonyl (C=O) groups excluding carboxylic acids is 2. The predicted octanol–water partition coefficient (Wildman–Crippen LogP) is 12.9. The number of hydrogen-bond acceptors (Lipinski definition) is 13. The number of benzodiazepines with no additional fused rings is 2. The first-order valence-electron chi connectivity index (χ1n) is 30.7. The van der Waals surface area contributed by atoms with Crippen LogP contribution in [-0.2, 0) is 32.3 Å². The van der Waals surface area contributed by atoms with Gasteiger partial charge in [-0.2, -0.15) is 0 Å². The molecule has 0 unspecified atom stereocenters. The van der Waals surface area contributed by atoms with Crippen LogP contribution in [0.3, 0.4) is 0 Å². The van der Waals surface area contributed by atoms with Crippen LogP contribution in [0.1, 0.15) is 106 Å². The molecule has 4 aliphatic heterocycles. The molecule has 0 saturated carbocycles. The first kappa shape index (κ1) is 68.8. The predicted molar refractivity (Wildman–Crippen MR) is 376 cm³/mol. The fourth-order valence-electron chi connectivity index (χ4n) is 11.8. The molecule has 25 heteroatoms. The number of fused-ring (bicyclic) bond motifs is 8. The van der Waals surface area contributed by atoms with Gasteiger partial charge >= 0.3 is 23.9 Å². The van der Waals surface area contributed by atoms with Crippen molar-refractivity contribution in [2.45, 2.75) is 47.2 Å². The molecule has 0 atom stereocenters. The Bertz CT molecular complexity index is 4890. The topological polar surface area (TPSA) is 288 Å². The Morgan fingerprint density at radius 3 is 1.36 bits per heavy atom. The Morgan fingerprint density at radius 1 is 0.444 bits per heavy atom. The molecule has 498 valence electrons. The highest BCUT2D eigenvalue weighted by atomic mass is 35.5. The van der Waals surface area contributed by atoms with Crippen LogP contribution in [0.5, 0.6) is 0 Å². The lowest BCUT2D eigenvalue weighted by Gasteiger charge is -2.22. The van der Waals surface area contributed by atoms with Crippen molar-refractivity contribution in [3.05, 3.63) is 287 Å². The third-order valence-corrected chi connectivity index (χ3v) is 17.1. The minimum atomic E-state index is -1.14. The van der Waals surface area contributed by atoms with E-state index >= 15 is 0 Å². The molecule has 0 fully saturated rings. The standard InChI is InChI=1S/C19H14ClN3O2.C19H17ClN2O3.C18H13ClN4O2.C18H15FN2O3/c1-11-4-2-3-5-13(11)18-14-8-12(20)6-7-15(14)23-16(19(24)25)9-21-17(23)10-22-18;1-12-4-2-3-5-14(12)19-15-10-13(20)6-7-16(15)22(9-8-18(24)25)17(23)11-21-19;1-10-4-2-3-5-12(10)16-13-8-11(19)6-7-14(13)23-15(9-20-16)21-22-17(23)18(24)25;1-11-6-7-15-13(8-11)18(12-4-2-3-5-14(12)19)20-9-16(22)21(15)10-17(23)24/h2-9H,10H2,1H3,(H,24,25);2-7,10H,8-9,11H2,1H3,(H,24,25);2-8H,9H2,1H3,(H,24,25);2-8H,9-10H2,1H3,(H,23,24). The first-order valence-corrected chi connectivity index (χ1v) is 31.8. The maximum absolute atomic E-state index is 14.2. The van der Waals surface area contributed by atoms with Crippen molar-refractivity contribution in [1.29, 1.82) is 0 Å². The summed E-state index contributed by atoms with van der Waals surface area (Å²) in [7, 11) is 0. The lowest BCUT2D eigenvalue weighted by Crippen LogP contribution is -2.37. The smallest absolute Gasteiger partial charge is 0.374 e. The molecule has 0 spiro atoms. The van der Waals surface area contributed by atoms with Crippen molar-refractivity contribution < 1.29 is 53.6 Å². The van der Waals surface area contributed by atoms with Crippen LogP contribution in [0.2, 0.25) is 15.1 Å². The van der Waals surface area contributed by atoms with E-state index in [1.165, 1.54) is 26.6 Å². The van der Waals surface area contributed by atoms with Crippen LogP contribution in [-0.4, -0.2) is 129 Å². The van der Waals surface area contributed by atoms with Gasteiger partial charge in [-0.15, -0.1) is 10.2 Å². The van der Waals surface area contributed by atoms with E-state index in [1.54, 1.807) is 83.4 Å². The van der Waals surface area contributed by atoms with E-state index in [0.717, 1.165) is 67.1 Å². The molecule has 99 heavy (non-hydrogen) atoms. The SMILES string of the molecule is Cc1ccc2c(c1)C(c1ccccc1F)=NCC(=O)N2CC(=O)O.Cc1ccccc1C1=NCC(=O)N(CCC(=O)O)c2ccc(Cl)cc21.Cc1ccccc1C1=NCc2ncc(C(=O)O)n2-c2ccc(Cl)cc21.Cc1ccccc1C1=NCc2nnc(C(=O)O)n2-c2ccc(Cl)cc21. The van der Waals surface area contributed by atoms with E-state index in [4.69, 9.17) is 55.0 Å². The Balaban J connectivity index is 0.000000133. The molecule has 0 bridgehead atoms. The number of benzene rings is 8. The maximum atomic E-state index is 14.2. The highest BCUT2D eigenvalue weighted by Crippen LogP contribution is 2.35. The molecule has 0 radical (unpaired) electrons. The zero-order valence-electron chi connectivity index (χ0n) is 53.4. The van der Waals surface area contributed by atoms with Crippen molar-refractivity contribution in [1.82, 2.24) is 24.3 Å². The van der Waals surface area contributed by atoms with Gasteiger partial charge in [0, 0.05) is 66.1 Å². The number of halogens is 4. The summed E-state index contributed by atoms with van der Waals surface area (Å²) in [6.45, 7) is 7.78. The molecular formula is C74H59Cl3FN11O10. The van der Waals surface area contributed by atoms with Gasteiger partial charge in [0.05, 0.1) is 64.8 Å². The van der Waals surface area contributed by atoms with E-state index in [-0.39, 0.29) is 55.6 Å². The second-order valence-electron chi connectivity index (χ2n) is 22.9. The quantitative estimate of drug-likeness (QED) is 0.0938. The third kappa shape index (κ3) is 14.9. The van der Waals surface area contributed by atoms with Crippen molar-refractivity contribution in [3.8, 4) is 11.4 Å². The maximum Gasteiger partial charge on any atom is 0.374 e. The number of rotatable bonds is 11. The van der Waals surface area contributed by atoms with Crippen LogP contribution < -0.4 is 9.80 Å². The zero-order chi connectivity index (χ0) is 70.3. The van der Waals surface area contributed by atoms with Gasteiger partial charge in [0.15, 0.2) is 11.5 Å². The average Bonchev–Trinajstić information content (AvgIpc) is 1.66. The number of aromatic carboxylic acids is 2. The lowest BCUT2D eigenvalue weighted by molar-refractivity contribution is -0.137. The molecule has 2 aromatic heterocycles. The van der Waals surface area contributed by atoms with Gasteiger partial charge in [-0.05, 0) is 123 Å². The summed E-state index contributed by atoms with van der Waals surface area (Å²) >= 11 is 18.6. The number of aromatic nitrogens is 5. The van der Waals surface area contributed by atoms with Crippen LogP contribution in [0.15, 0.2) is 196 Å². The van der Waals surface area contributed by atoms with E-state index in [0.29, 0.717) is 73.0 Å². The van der Waals surface area contributed by atoms with E-state index in [1.807, 2.05) is 113 Å². The molecule has 0 saturated heterocycles. The van der Waals surface area contributed by atoms with Gasteiger partial charge in [-0.1, -0.05) is 131 Å². The number of nitrogens with zero attached hydrogens (tertiary/aromatic N) is 11. The second-order valence-corrected chi connectivity index (χ2v) is 24.2. The molecule has 10 aromatic rings. The average molecular weight is 1390 g/mol. The number of imidazole rings is 1. The monoisotopic (exact) mass is 1390 g/mol. The molecule has 2 amide bonds. The highest BCUT2D eigenvalue weighted by molar-refractivity contribution is 6.33. The largest absolute Gasteiger partial charge is 0.481 e. The van der Waals surface area contributed by atoms with Crippen molar-refractivity contribution in [2.24, 2.45) is 20.0 Å². The van der Waals surface area contributed by atoms with Crippen molar-refractivity contribution in [3.63, 3.8) is 0 Å². The Hall–Kier alpha value is -11.6. The van der Waals surface area contributed by atoms with Gasteiger partial charge in [-0.25, -0.2) is 19.0 Å². The molecule has 0 aliphatic carbocycles. The van der Waals surface area contributed by atoms with Gasteiger partial charge in [0.25, 0.3) is 0 Å². The van der Waals surface area contributed by atoms with Gasteiger partial charge in [0.1, 0.15) is 37.8 Å². The minimum absolute atomic E-state index is 0.0322. The molecule has 4 N–H and O–H groups in total. The van der Waals surface area contributed by atoms with Crippen LogP contribution in [0, 0.1) is 33.5 Å². The van der Waals surface area contributed by atoms with Crippen LogP contribution in [0.25, 0.3) is 11.4 Å². The Morgan fingerprint density at radius 2 is 0.869 bits per heavy atom. The number of carboxylic acids is 4. The number of amides is 2. The van der Waals surface area contributed by atoms with Crippen LogP contribution >= 0.6 is 34.8 Å². The number of aryl methyl sites for hydroxylation is 4.